The van der Waals surface area contributed by atoms with Crippen LogP contribution in [0.15, 0.2) is 24.3 Å². The first-order chi connectivity index (χ1) is 15.6. The van der Waals surface area contributed by atoms with Crippen molar-refractivity contribution in [2.24, 2.45) is 0 Å². The number of nitrogens with zero attached hydrogens (tertiary/aromatic N) is 1. The van der Waals surface area contributed by atoms with Crippen molar-refractivity contribution in [3.8, 4) is 11.1 Å². The summed E-state index contributed by atoms with van der Waals surface area (Å²) in [5.41, 5.74) is 9.23. The summed E-state index contributed by atoms with van der Waals surface area (Å²) in [6, 6.07) is 9.36. The molecule has 2 aliphatic rings. The van der Waals surface area contributed by atoms with E-state index < -0.39 is 11.7 Å². The Kier molecular flexibility index (Phi) is 6.70. The number of benzene rings is 2. The van der Waals surface area contributed by atoms with Gasteiger partial charge in [0.15, 0.2) is 6.10 Å². The Balaban J connectivity index is 1.93. The first-order valence-electron chi connectivity index (χ1n) is 12.3. The quantitative estimate of drug-likeness (QED) is 0.508. The van der Waals surface area contributed by atoms with Crippen LogP contribution in [-0.4, -0.2) is 36.2 Å². The van der Waals surface area contributed by atoms with Gasteiger partial charge in [-0.25, -0.2) is 4.79 Å². The molecule has 1 saturated carbocycles. The molecule has 4 nitrogen and oxygen atoms in total. The van der Waals surface area contributed by atoms with Crippen molar-refractivity contribution in [1.82, 2.24) is 4.90 Å². The maximum Gasteiger partial charge on any atom is 0.339 e. The SMILES string of the molecule is COC(=O)[C@@H](OC(C)(C)C)c1c(C)c2c(c(C)c1-c1ccc(C)cc1)CN(C1CCC1)CC2. The van der Waals surface area contributed by atoms with E-state index in [-0.39, 0.29) is 5.97 Å². The second kappa shape index (κ2) is 9.23. The molecule has 0 spiro atoms. The molecule has 1 atom stereocenters. The first-order valence-corrected chi connectivity index (χ1v) is 12.3. The lowest BCUT2D eigenvalue weighted by atomic mass is 9.79. The Morgan fingerprint density at radius 1 is 1.03 bits per heavy atom. The molecular weight excluding hydrogens is 410 g/mol. The fourth-order valence-corrected chi connectivity index (χ4v) is 5.41. The van der Waals surface area contributed by atoms with Crippen LogP contribution in [0.3, 0.4) is 0 Å². The van der Waals surface area contributed by atoms with Gasteiger partial charge in [0.05, 0.1) is 12.7 Å². The van der Waals surface area contributed by atoms with Gasteiger partial charge in [0.2, 0.25) is 0 Å². The van der Waals surface area contributed by atoms with Crippen LogP contribution in [0.1, 0.15) is 79.5 Å². The molecule has 0 N–H and O–H groups in total. The van der Waals surface area contributed by atoms with Gasteiger partial charge in [-0.2, -0.15) is 0 Å². The summed E-state index contributed by atoms with van der Waals surface area (Å²) in [7, 11) is 1.45. The lowest BCUT2D eigenvalue weighted by Crippen LogP contribution is -2.43. The third kappa shape index (κ3) is 4.74. The fourth-order valence-electron chi connectivity index (χ4n) is 5.41. The molecule has 0 unspecified atom stereocenters. The molecule has 4 heteroatoms. The number of carbonyl (C=O) groups excluding carboxylic acids is 1. The van der Waals surface area contributed by atoms with Crippen LogP contribution in [0.2, 0.25) is 0 Å². The summed E-state index contributed by atoms with van der Waals surface area (Å²) in [4.78, 5) is 15.8. The number of ether oxygens (including phenoxy) is 2. The Bertz CT molecular complexity index is 1030. The molecule has 1 heterocycles. The minimum absolute atomic E-state index is 0.340. The smallest absolute Gasteiger partial charge is 0.339 e. The molecule has 2 aromatic carbocycles. The zero-order valence-electron chi connectivity index (χ0n) is 21.4. The molecular formula is C29H39NO3. The number of methoxy groups -OCH3 is 1. The number of aryl methyl sites for hydroxylation is 1. The lowest BCUT2D eigenvalue weighted by molar-refractivity contribution is -0.164. The highest BCUT2D eigenvalue weighted by Crippen LogP contribution is 2.43. The molecule has 2 aromatic rings. The molecule has 0 radical (unpaired) electrons. The van der Waals surface area contributed by atoms with E-state index in [1.165, 1.54) is 54.2 Å². The Labute approximate surface area is 199 Å². The van der Waals surface area contributed by atoms with Gasteiger partial charge in [0, 0.05) is 24.7 Å². The van der Waals surface area contributed by atoms with E-state index in [2.05, 4.69) is 49.9 Å². The van der Waals surface area contributed by atoms with E-state index in [9.17, 15) is 4.79 Å². The lowest BCUT2D eigenvalue weighted by Gasteiger charge is -2.42. The van der Waals surface area contributed by atoms with Gasteiger partial charge >= 0.3 is 5.97 Å². The summed E-state index contributed by atoms with van der Waals surface area (Å²) in [5, 5.41) is 0. The highest BCUT2D eigenvalue weighted by Gasteiger charge is 2.36. The van der Waals surface area contributed by atoms with Crippen LogP contribution in [0.5, 0.6) is 0 Å². The predicted molar refractivity (Wildman–Crippen MR) is 133 cm³/mol. The maximum atomic E-state index is 13.1. The molecule has 1 fully saturated rings. The van der Waals surface area contributed by atoms with Crippen LogP contribution < -0.4 is 0 Å². The van der Waals surface area contributed by atoms with Gasteiger partial charge in [-0.1, -0.05) is 36.2 Å². The maximum absolute atomic E-state index is 13.1. The standard InChI is InChI=1S/C29H39NO3/c1-18-11-13-21(14-12-18)25-20(3)24-17-30(22-9-8-10-22)16-15-23(24)19(2)26(25)27(28(31)32-7)33-29(4,5)6/h11-14,22,27H,8-10,15-17H2,1-7H3/t27-/m0/s1. The van der Waals surface area contributed by atoms with Crippen molar-refractivity contribution >= 4 is 5.97 Å². The van der Waals surface area contributed by atoms with E-state index in [0.717, 1.165) is 42.2 Å². The van der Waals surface area contributed by atoms with Crippen molar-refractivity contribution in [2.75, 3.05) is 13.7 Å². The minimum atomic E-state index is -0.764. The topological polar surface area (TPSA) is 38.8 Å². The van der Waals surface area contributed by atoms with Crippen LogP contribution in [0.4, 0.5) is 0 Å². The predicted octanol–water partition coefficient (Wildman–Crippen LogP) is 6.22. The molecule has 0 amide bonds. The van der Waals surface area contributed by atoms with Gasteiger partial charge in [-0.3, -0.25) is 4.90 Å². The highest BCUT2D eigenvalue weighted by atomic mass is 16.6. The summed E-state index contributed by atoms with van der Waals surface area (Å²) in [6.07, 6.45) is 4.24. The van der Waals surface area contributed by atoms with Crippen molar-refractivity contribution < 1.29 is 14.3 Å². The monoisotopic (exact) mass is 449 g/mol. The van der Waals surface area contributed by atoms with Crippen LogP contribution in [0.25, 0.3) is 11.1 Å². The van der Waals surface area contributed by atoms with Crippen LogP contribution in [-0.2, 0) is 27.2 Å². The van der Waals surface area contributed by atoms with Gasteiger partial charge in [0.25, 0.3) is 0 Å². The second-order valence-electron chi connectivity index (χ2n) is 10.8. The zero-order chi connectivity index (χ0) is 23.9. The first kappa shape index (κ1) is 24.0. The number of fused-ring (bicyclic) bond motifs is 1. The Hall–Kier alpha value is -2.17. The summed E-state index contributed by atoms with van der Waals surface area (Å²) >= 11 is 0. The summed E-state index contributed by atoms with van der Waals surface area (Å²) in [5.74, 6) is -0.340. The highest BCUT2D eigenvalue weighted by molar-refractivity contribution is 5.85. The van der Waals surface area contributed by atoms with E-state index in [1.54, 1.807) is 0 Å². The van der Waals surface area contributed by atoms with Crippen LogP contribution >= 0.6 is 0 Å². The van der Waals surface area contributed by atoms with E-state index in [0.29, 0.717) is 0 Å². The average Bonchev–Trinajstić information content (AvgIpc) is 2.73. The second-order valence-corrected chi connectivity index (χ2v) is 10.8. The zero-order valence-corrected chi connectivity index (χ0v) is 21.4. The molecule has 33 heavy (non-hydrogen) atoms. The van der Waals surface area contributed by atoms with E-state index in [4.69, 9.17) is 9.47 Å². The summed E-state index contributed by atoms with van der Waals surface area (Å²) in [6.45, 7) is 14.6. The Morgan fingerprint density at radius 3 is 2.24 bits per heavy atom. The number of hydrogen-bond acceptors (Lipinski definition) is 4. The van der Waals surface area contributed by atoms with Gasteiger partial charge in [-0.15, -0.1) is 0 Å². The molecule has 4 rings (SSSR count). The number of carbonyl (C=O) groups is 1. The Morgan fingerprint density at radius 2 is 1.70 bits per heavy atom. The number of rotatable bonds is 5. The van der Waals surface area contributed by atoms with Crippen molar-refractivity contribution in [2.45, 2.75) is 91.5 Å². The third-order valence-corrected chi connectivity index (χ3v) is 7.41. The van der Waals surface area contributed by atoms with Crippen molar-refractivity contribution in [3.63, 3.8) is 0 Å². The summed E-state index contributed by atoms with van der Waals surface area (Å²) < 4.78 is 11.7. The molecule has 0 saturated heterocycles. The molecule has 1 aliphatic heterocycles. The van der Waals surface area contributed by atoms with Gasteiger partial charge < -0.3 is 9.47 Å². The average molecular weight is 450 g/mol. The molecule has 0 aromatic heterocycles. The minimum Gasteiger partial charge on any atom is -0.467 e. The van der Waals surface area contributed by atoms with Crippen LogP contribution in [0, 0.1) is 20.8 Å². The third-order valence-electron chi connectivity index (χ3n) is 7.41. The number of esters is 1. The normalized spacial score (nSPS) is 17.9. The molecule has 1 aliphatic carbocycles. The van der Waals surface area contributed by atoms with E-state index >= 15 is 0 Å². The largest absolute Gasteiger partial charge is 0.467 e. The van der Waals surface area contributed by atoms with Gasteiger partial charge in [-0.05, 0) is 94.2 Å². The van der Waals surface area contributed by atoms with Crippen molar-refractivity contribution in [1.29, 1.82) is 0 Å². The fraction of sp³-hybridized carbons (Fsp3) is 0.552. The number of hydrogen-bond donors (Lipinski definition) is 0. The molecule has 0 bridgehead atoms. The van der Waals surface area contributed by atoms with E-state index in [1.807, 2.05) is 20.8 Å². The van der Waals surface area contributed by atoms with Crippen molar-refractivity contribution in [3.05, 3.63) is 57.6 Å². The van der Waals surface area contributed by atoms with Gasteiger partial charge in [0.1, 0.15) is 0 Å². The molecule has 178 valence electrons.